The molecule has 0 aliphatic heterocycles. The van der Waals surface area contributed by atoms with Crippen molar-refractivity contribution in [1.82, 2.24) is 4.57 Å². The Morgan fingerprint density at radius 1 is 1.53 bits per heavy atom. The van der Waals surface area contributed by atoms with Crippen molar-refractivity contribution < 1.29 is 9.90 Å². The number of carboxylic acid groups (broad SMARTS) is 1. The average molecular weight is 230 g/mol. The Hall–Kier alpha value is -1.97. The fourth-order valence-electron chi connectivity index (χ4n) is 2.91. The molecule has 4 nitrogen and oxygen atoms in total. The summed E-state index contributed by atoms with van der Waals surface area (Å²) in [5.41, 5.74) is 9.64. The van der Waals surface area contributed by atoms with E-state index in [0.29, 0.717) is 12.1 Å². The molecule has 0 saturated carbocycles. The molecule has 1 aromatic heterocycles. The van der Waals surface area contributed by atoms with Crippen molar-refractivity contribution in [3.05, 3.63) is 29.5 Å². The predicted octanol–water partition coefficient (Wildman–Crippen LogP) is 1.87. The number of carbonyl (C=O) groups is 1. The molecule has 17 heavy (non-hydrogen) atoms. The number of aliphatic carboxylic acids is 1. The number of nitrogens with two attached hydrogens (primary N) is 1. The summed E-state index contributed by atoms with van der Waals surface area (Å²) in [6, 6.07) is 5.70. The van der Waals surface area contributed by atoms with Crippen molar-refractivity contribution >= 4 is 22.6 Å². The van der Waals surface area contributed by atoms with E-state index in [1.54, 1.807) is 0 Å². The van der Waals surface area contributed by atoms with Crippen LogP contribution in [0.5, 0.6) is 0 Å². The molecule has 3 N–H and O–H groups in total. The number of benzene rings is 1. The van der Waals surface area contributed by atoms with Crippen molar-refractivity contribution in [2.24, 2.45) is 7.05 Å². The molecule has 1 heterocycles. The Kier molecular flexibility index (Phi) is 1.96. The molecule has 0 saturated heterocycles. The monoisotopic (exact) mass is 230 g/mol. The van der Waals surface area contributed by atoms with Crippen LogP contribution in [0.1, 0.15) is 23.6 Å². The quantitative estimate of drug-likeness (QED) is 0.735. The normalized spacial score (nSPS) is 18.5. The first kappa shape index (κ1) is 10.2. The molecule has 1 atom stereocenters. The molecule has 1 aromatic carbocycles. The number of nitrogens with zero attached hydrogens (tertiary/aromatic N) is 1. The van der Waals surface area contributed by atoms with Crippen LogP contribution in [-0.2, 0) is 18.3 Å². The van der Waals surface area contributed by atoms with Gasteiger partial charge in [0, 0.05) is 29.3 Å². The van der Waals surface area contributed by atoms with Crippen molar-refractivity contribution in [2.75, 3.05) is 5.73 Å². The van der Waals surface area contributed by atoms with Gasteiger partial charge in [-0.25, -0.2) is 0 Å². The van der Waals surface area contributed by atoms with Gasteiger partial charge in [-0.2, -0.15) is 0 Å². The van der Waals surface area contributed by atoms with E-state index in [4.69, 9.17) is 5.73 Å². The number of nitrogen functional groups attached to an aromatic ring is 1. The van der Waals surface area contributed by atoms with Gasteiger partial charge in [0.1, 0.15) is 0 Å². The molecule has 0 bridgehead atoms. The van der Waals surface area contributed by atoms with Gasteiger partial charge in [-0.1, -0.05) is 0 Å². The lowest BCUT2D eigenvalue weighted by Crippen LogP contribution is -2.07. The summed E-state index contributed by atoms with van der Waals surface area (Å²) in [6.45, 7) is 0. The lowest BCUT2D eigenvalue weighted by Gasteiger charge is -2.05. The van der Waals surface area contributed by atoms with Gasteiger partial charge in [-0.3, -0.25) is 4.79 Å². The predicted molar refractivity (Wildman–Crippen MR) is 66.0 cm³/mol. The molecule has 88 valence electrons. The first-order valence-electron chi connectivity index (χ1n) is 5.69. The number of aryl methyl sites for hydroxylation is 1. The van der Waals surface area contributed by atoms with Gasteiger partial charge in [-0.15, -0.1) is 0 Å². The maximum Gasteiger partial charge on any atom is 0.311 e. The Balaban J connectivity index is 2.36. The molecule has 4 heteroatoms. The van der Waals surface area contributed by atoms with E-state index in [1.165, 1.54) is 0 Å². The van der Waals surface area contributed by atoms with Crippen LogP contribution in [0.25, 0.3) is 10.9 Å². The summed E-state index contributed by atoms with van der Waals surface area (Å²) in [7, 11) is 1.99. The first-order valence-corrected chi connectivity index (χ1v) is 5.69. The highest BCUT2D eigenvalue weighted by Gasteiger charge is 2.33. The van der Waals surface area contributed by atoms with Crippen LogP contribution < -0.4 is 5.73 Å². The maximum atomic E-state index is 11.3. The molecule has 0 amide bonds. The second kappa shape index (κ2) is 3.26. The number of hydrogen-bond donors (Lipinski definition) is 2. The number of hydrogen-bond acceptors (Lipinski definition) is 2. The number of rotatable bonds is 1. The van der Waals surface area contributed by atoms with Crippen LogP contribution in [0.2, 0.25) is 0 Å². The summed E-state index contributed by atoms with van der Waals surface area (Å²) >= 11 is 0. The van der Waals surface area contributed by atoms with Crippen LogP contribution in [-0.4, -0.2) is 15.6 Å². The average Bonchev–Trinajstić information content (AvgIpc) is 2.80. The van der Waals surface area contributed by atoms with Gasteiger partial charge in [-0.05, 0) is 36.6 Å². The van der Waals surface area contributed by atoms with Gasteiger partial charge in [0.25, 0.3) is 0 Å². The van der Waals surface area contributed by atoms with E-state index in [2.05, 4.69) is 4.57 Å². The fraction of sp³-hybridized carbons (Fsp3) is 0.308. The molecule has 3 rings (SSSR count). The lowest BCUT2D eigenvalue weighted by atomic mass is 10.0. The minimum absolute atomic E-state index is 0.379. The largest absolute Gasteiger partial charge is 0.481 e. The third-order valence-corrected chi connectivity index (χ3v) is 3.70. The van der Waals surface area contributed by atoms with Crippen molar-refractivity contribution in [1.29, 1.82) is 0 Å². The van der Waals surface area contributed by atoms with Crippen LogP contribution in [0, 0.1) is 0 Å². The van der Waals surface area contributed by atoms with Crippen molar-refractivity contribution in [3.63, 3.8) is 0 Å². The van der Waals surface area contributed by atoms with Gasteiger partial charge in [0.15, 0.2) is 0 Å². The zero-order valence-corrected chi connectivity index (χ0v) is 9.60. The summed E-state index contributed by atoms with van der Waals surface area (Å²) in [4.78, 5) is 11.3. The summed E-state index contributed by atoms with van der Waals surface area (Å²) in [5, 5.41) is 10.3. The second-order valence-electron chi connectivity index (χ2n) is 4.63. The van der Waals surface area contributed by atoms with Crippen LogP contribution >= 0.6 is 0 Å². The standard InChI is InChI=1S/C13H14N2O2/c1-15-10-4-2-7(14)6-9(10)12-8(13(16)17)3-5-11(12)15/h2,4,6,8H,3,5,14H2,1H3,(H,16,17)/t8-/m1/s1. The first-order chi connectivity index (χ1) is 8.09. The molecule has 0 radical (unpaired) electrons. The second-order valence-corrected chi connectivity index (χ2v) is 4.63. The highest BCUT2D eigenvalue weighted by atomic mass is 16.4. The maximum absolute atomic E-state index is 11.3. The Morgan fingerprint density at radius 3 is 3.00 bits per heavy atom. The molecule has 2 aromatic rings. The lowest BCUT2D eigenvalue weighted by molar-refractivity contribution is -0.138. The topological polar surface area (TPSA) is 68.2 Å². The number of aromatic nitrogens is 1. The Morgan fingerprint density at radius 2 is 2.29 bits per heavy atom. The van der Waals surface area contributed by atoms with Gasteiger partial charge < -0.3 is 15.4 Å². The smallest absolute Gasteiger partial charge is 0.311 e. The van der Waals surface area contributed by atoms with E-state index < -0.39 is 5.97 Å². The molecule has 1 aliphatic rings. The highest BCUT2D eigenvalue weighted by molar-refractivity contribution is 5.94. The van der Waals surface area contributed by atoms with Crippen molar-refractivity contribution in [2.45, 2.75) is 18.8 Å². The third kappa shape index (κ3) is 1.27. The van der Waals surface area contributed by atoms with E-state index in [0.717, 1.165) is 28.6 Å². The van der Waals surface area contributed by atoms with E-state index in [1.807, 2.05) is 25.2 Å². The molecular weight excluding hydrogens is 216 g/mol. The Bertz CT molecular complexity index is 628. The molecule has 1 aliphatic carbocycles. The van der Waals surface area contributed by atoms with Crippen LogP contribution in [0.4, 0.5) is 5.69 Å². The van der Waals surface area contributed by atoms with Crippen LogP contribution in [0.3, 0.4) is 0 Å². The fourth-order valence-corrected chi connectivity index (χ4v) is 2.91. The summed E-state index contributed by atoms with van der Waals surface area (Å²) in [5.74, 6) is -1.12. The van der Waals surface area contributed by atoms with Crippen LogP contribution in [0.15, 0.2) is 18.2 Å². The Labute approximate surface area is 98.6 Å². The van der Waals surface area contributed by atoms with Gasteiger partial charge in [0.2, 0.25) is 0 Å². The van der Waals surface area contributed by atoms with E-state index in [-0.39, 0.29) is 5.92 Å². The molecule has 0 unspecified atom stereocenters. The highest BCUT2D eigenvalue weighted by Crippen LogP contribution is 2.40. The van der Waals surface area contributed by atoms with E-state index in [9.17, 15) is 9.90 Å². The zero-order chi connectivity index (χ0) is 12.2. The van der Waals surface area contributed by atoms with Gasteiger partial charge >= 0.3 is 5.97 Å². The number of fused-ring (bicyclic) bond motifs is 3. The summed E-state index contributed by atoms with van der Waals surface area (Å²) in [6.07, 6.45) is 1.52. The molecular formula is C13H14N2O2. The number of carboxylic acids is 1. The number of anilines is 1. The summed E-state index contributed by atoms with van der Waals surface area (Å²) < 4.78 is 2.09. The zero-order valence-electron chi connectivity index (χ0n) is 9.60. The third-order valence-electron chi connectivity index (χ3n) is 3.70. The minimum atomic E-state index is -0.737. The van der Waals surface area contributed by atoms with E-state index >= 15 is 0 Å². The molecule has 0 spiro atoms. The SMILES string of the molecule is Cn1c2c(c3cc(N)ccc31)[C@H](C(=O)O)CC2. The van der Waals surface area contributed by atoms with Gasteiger partial charge in [0.05, 0.1) is 5.92 Å². The minimum Gasteiger partial charge on any atom is -0.481 e. The van der Waals surface area contributed by atoms with Crippen molar-refractivity contribution in [3.8, 4) is 0 Å². The molecule has 0 fully saturated rings.